The fraction of sp³-hybridized carbons (Fsp3) is 0.143. The molecule has 84 valence electrons. The number of hydrogen-bond acceptors (Lipinski definition) is 4. The molecule has 16 heavy (non-hydrogen) atoms. The molecular weight excluding hydrogens is 260 g/mol. The third kappa shape index (κ3) is 3.44. The van der Waals surface area contributed by atoms with Gasteiger partial charge in [0, 0.05) is 11.6 Å². The van der Waals surface area contributed by atoms with Crippen LogP contribution in [-0.2, 0) is 10.1 Å². The first-order valence-corrected chi connectivity index (χ1v) is 4.98. The Morgan fingerprint density at radius 3 is 2.00 bits per heavy atom. The minimum absolute atomic E-state index is 0. The fourth-order valence-corrected chi connectivity index (χ4v) is 1.37. The molecule has 0 aromatic heterocycles. The van der Waals surface area contributed by atoms with Gasteiger partial charge in [0.25, 0.3) is 0 Å². The van der Waals surface area contributed by atoms with Gasteiger partial charge in [0.05, 0.1) is 0 Å². The maximum absolute atomic E-state index is 12.8. The van der Waals surface area contributed by atoms with Gasteiger partial charge in [-0.2, -0.15) is 0 Å². The number of aliphatic hydroxyl groups excluding tert-OH is 1. The van der Waals surface area contributed by atoms with Gasteiger partial charge in [-0.05, 0) is 6.07 Å². The smallest absolute Gasteiger partial charge is 0.746 e. The van der Waals surface area contributed by atoms with Crippen LogP contribution in [0.5, 0.6) is 0 Å². The van der Waals surface area contributed by atoms with Crippen molar-refractivity contribution in [2.45, 2.75) is 5.44 Å². The van der Waals surface area contributed by atoms with E-state index in [0.717, 1.165) is 0 Å². The van der Waals surface area contributed by atoms with Gasteiger partial charge in [0.15, 0.2) is 17.1 Å². The summed E-state index contributed by atoms with van der Waals surface area (Å²) in [6.45, 7) is 0. The van der Waals surface area contributed by atoms with E-state index in [1.54, 1.807) is 0 Å². The Morgan fingerprint density at radius 2 is 1.56 bits per heavy atom. The first-order valence-electron chi connectivity index (χ1n) is 3.50. The summed E-state index contributed by atoms with van der Waals surface area (Å²) in [6.07, 6.45) is 0. The predicted octanol–water partition coefficient (Wildman–Crippen LogP) is -2.36. The van der Waals surface area contributed by atoms with Crippen molar-refractivity contribution in [3.8, 4) is 0 Å². The molecule has 9 heteroatoms. The molecule has 0 aliphatic carbocycles. The predicted molar refractivity (Wildman–Crippen MR) is 41.0 cm³/mol. The average molecular weight is 264 g/mol. The zero-order valence-corrected chi connectivity index (χ0v) is 10.8. The molecule has 1 N–H and O–H groups in total. The summed E-state index contributed by atoms with van der Waals surface area (Å²) in [5.74, 6) is -4.62. The Bertz CT molecular complexity index is 491. The van der Waals surface area contributed by atoms with Crippen LogP contribution in [0.15, 0.2) is 12.1 Å². The van der Waals surface area contributed by atoms with Crippen molar-refractivity contribution in [3.05, 3.63) is 35.1 Å². The Balaban J connectivity index is 0.00000225. The molecule has 0 aliphatic rings. The molecule has 1 aromatic rings. The SMILES string of the molecule is O=S(=O)([O-])C(O)c1cc(F)c(F)cc1F.[Na+]. The van der Waals surface area contributed by atoms with Crippen LogP contribution in [0.4, 0.5) is 13.2 Å². The van der Waals surface area contributed by atoms with E-state index in [9.17, 15) is 26.1 Å². The summed E-state index contributed by atoms with van der Waals surface area (Å²) in [7, 11) is -5.23. The molecule has 0 fully saturated rings. The summed E-state index contributed by atoms with van der Waals surface area (Å²) in [6, 6.07) is 0.157. The number of halogens is 3. The molecule has 0 heterocycles. The third-order valence-corrected chi connectivity index (χ3v) is 2.38. The molecule has 1 aromatic carbocycles. The van der Waals surface area contributed by atoms with Gasteiger partial charge in [0.1, 0.15) is 15.9 Å². The Morgan fingerprint density at radius 1 is 1.12 bits per heavy atom. The Kier molecular flexibility index (Phi) is 5.44. The van der Waals surface area contributed by atoms with Crippen LogP contribution in [0.1, 0.15) is 11.0 Å². The van der Waals surface area contributed by atoms with E-state index >= 15 is 0 Å². The van der Waals surface area contributed by atoms with E-state index in [-0.39, 0.29) is 41.7 Å². The van der Waals surface area contributed by atoms with Crippen molar-refractivity contribution >= 4 is 10.1 Å². The van der Waals surface area contributed by atoms with Crippen LogP contribution in [-0.4, -0.2) is 18.1 Å². The number of hydrogen-bond donors (Lipinski definition) is 1. The maximum Gasteiger partial charge on any atom is 1.00 e. The third-order valence-electron chi connectivity index (χ3n) is 1.58. The maximum atomic E-state index is 12.8. The molecule has 0 aliphatic heterocycles. The van der Waals surface area contributed by atoms with Crippen LogP contribution in [0.25, 0.3) is 0 Å². The van der Waals surface area contributed by atoms with Crippen molar-refractivity contribution in [2.75, 3.05) is 0 Å². The van der Waals surface area contributed by atoms with Crippen LogP contribution >= 0.6 is 0 Å². The minimum atomic E-state index is -5.23. The second-order valence-corrected chi connectivity index (χ2v) is 4.07. The van der Waals surface area contributed by atoms with Crippen molar-refractivity contribution in [1.29, 1.82) is 0 Å². The quantitative estimate of drug-likeness (QED) is 0.368. The first-order chi connectivity index (χ1) is 6.73. The zero-order chi connectivity index (χ0) is 11.8. The summed E-state index contributed by atoms with van der Waals surface area (Å²) < 4.78 is 68.7. The van der Waals surface area contributed by atoms with E-state index in [1.807, 2.05) is 0 Å². The zero-order valence-electron chi connectivity index (χ0n) is 7.95. The summed E-state index contributed by atoms with van der Waals surface area (Å²) >= 11 is 0. The van der Waals surface area contributed by atoms with Crippen LogP contribution in [0, 0.1) is 17.5 Å². The molecule has 0 bridgehead atoms. The molecule has 0 amide bonds. The van der Waals surface area contributed by atoms with Gasteiger partial charge in [-0.15, -0.1) is 0 Å². The van der Waals surface area contributed by atoms with Crippen molar-refractivity contribution in [3.63, 3.8) is 0 Å². The molecular formula is C7H4F3NaO4S. The fourth-order valence-electron chi connectivity index (χ4n) is 0.883. The average Bonchev–Trinajstić information content (AvgIpc) is 2.08. The van der Waals surface area contributed by atoms with Gasteiger partial charge in [-0.3, -0.25) is 0 Å². The first kappa shape index (κ1) is 15.9. The molecule has 4 nitrogen and oxygen atoms in total. The van der Waals surface area contributed by atoms with Crippen molar-refractivity contribution in [1.82, 2.24) is 0 Å². The van der Waals surface area contributed by atoms with E-state index in [0.29, 0.717) is 0 Å². The molecule has 1 atom stereocenters. The summed E-state index contributed by atoms with van der Waals surface area (Å²) in [5.41, 5.74) is -3.88. The van der Waals surface area contributed by atoms with E-state index in [4.69, 9.17) is 5.11 Å². The van der Waals surface area contributed by atoms with Gasteiger partial charge in [0.2, 0.25) is 0 Å². The number of benzene rings is 1. The van der Waals surface area contributed by atoms with Gasteiger partial charge in [-0.25, -0.2) is 21.6 Å². The van der Waals surface area contributed by atoms with Crippen molar-refractivity contribution < 1.29 is 60.8 Å². The molecule has 0 radical (unpaired) electrons. The molecule has 0 saturated heterocycles. The number of aliphatic hydroxyl groups is 1. The molecule has 1 unspecified atom stereocenters. The standard InChI is InChI=1S/C7H5F3O4S.Na/c8-4-2-6(10)5(9)1-3(4)7(11)15(12,13)14;/h1-2,7,11H,(H,12,13,14);/q;+1/p-1. The monoisotopic (exact) mass is 264 g/mol. The topological polar surface area (TPSA) is 77.4 Å². The van der Waals surface area contributed by atoms with Crippen LogP contribution < -0.4 is 29.6 Å². The molecule has 0 saturated carbocycles. The number of rotatable bonds is 2. The van der Waals surface area contributed by atoms with E-state index in [2.05, 4.69) is 0 Å². The summed E-state index contributed by atoms with van der Waals surface area (Å²) in [4.78, 5) is 0. The second-order valence-electron chi connectivity index (χ2n) is 2.63. The normalized spacial score (nSPS) is 13.1. The van der Waals surface area contributed by atoms with Gasteiger partial charge >= 0.3 is 29.6 Å². The summed E-state index contributed by atoms with van der Waals surface area (Å²) in [5, 5.41) is 8.82. The second kappa shape index (κ2) is 5.48. The van der Waals surface area contributed by atoms with E-state index < -0.39 is 38.6 Å². The van der Waals surface area contributed by atoms with Gasteiger partial charge < -0.3 is 9.66 Å². The molecule has 1 rings (SSSR count). The van der Waals surface area contributed by atoms with Crippen LogP contribution in [0.3, 0.4) is 0 Å². The Labute approximate surface area is 111 Å². The van der Waals surface area contributed by atoms with E-state index in [1.165, 1.54) is 0 Å². The Hall–Kier alpha value is -0.120. The molecule has 0 spiro atoms. The van der Waals surface area contributed by atoms with Crippen molar-refractivity contribution in [2.24, 2.45) is 0 Å². The minimum Gasteiger partial charge on any atom is -0.746 e. The largest absolute Gasteiger partial charge is 1.00 e. The van der Waals surface area contributed by atoms with Gasteiger partial charge in [-0.1, -0.05) is 0 Å². The van der Waals surface area contributed by atoms with Crippen LogP contribution in [0.2, 0.25) is 0 Å².